The maximum atomic E-state index is 14.8. The van der Waals surface area contributed by atoms with E-state index in [0.717, 1.165) is 10.9 Å². The Labute approximate surface area is 400 Å². The van der Waals surface area contributed by atoms with Crippen LogP contribution in [0.2, 0.25) is 0 Å². The molecule has 1 aliphatic carbocycles. The molecule has 0 spiro atoms. The molecule has 5 aliphatic rings. The van der Waals surface area contributed by atoms with Crippen molar-refractivity contribution in [3.8, 4) is 23.3 Å². The maximum absolute atomic E-state index is 14.8. The number of aliphatic hydroxyl groups excluding tert-OH is 2. The molecule has 5 N–H and O–H groups in total. The van der Waals surface area contributed by atoms with Crippen LogP contribution in [0.5, 0.6) is 11.5 Å². The standard InChI is InChI=1S/C52H58N4O13/c1-27-13-11-14-28(2)50(63)55-40-41(56-20-23-66-24-21-56)46(61)37-38(45(40)60)44(59)32(6)48-39(37)49(62)52(7,69-48)67-22-18-36(65-8)29(3)47(31(5)43(58)30(4)42(27)57)68-51(64)53-19-12-15-33-25-34-16-9-10-17-35(34)54-26-33/h9-11,13-14,16-18,22,25-27,29-31,36,42-43,47,57-59H,19-21,23-24H2,1-8H3,(H,53,64)(H,55,63)/t27-,29+,30+,31+,36-,42-,43+,47+,52-/m0/s1. The van der Waals surface area contributed by atoms with Gasteiger partial charge in [-0.25, -0.2) is 4.79 Å². The molecule has 1 saturated heterocycles. The second-order valence-electron chi connectivity index (χ2n) is 18.0. The number of phenolic OH excluding ortho intramolecular Hbond substituents is 1. The Balaban J connectivity index is 1.23. The number of hydrogen-bond acceptors (Lipinski definition) is 15. The van der Waals surface area contributed by atoms with E-state index in [4.69, 9.17) is 23.7 Å². The third-order valence-corrected chi connectivity index (χ3v) is 13.3. The molecule has 17 heteroatoms. The molecule has 0 saturated carbocycles. The van der Waals surface area contributed by atoms with Crippen molar-refractivity contribution in [2.45, 2.75) is 78.7 Å². The zero-order chi connectivity index (χ0) is 49.9. The summed E-state index contributed by atoms with van der Waals surface area (Å²) >= 11 is 0. The summed E-state index contributed by atoms with van der Waals surface area (Å²) in [6.07, 6.45) is 3.80. The van der Waals surface area contributed by atoms with Crippen LogP contribution in [0, 0.1) is 42.4 Å². The summed E-state index contributed by atoms with van der Waals surface area (Å²) in [4.78, 5) is 77.2. The van der Waals surface area contributed by atoms with E-state index in [9.17, 15) is 39.3 Å². The fraction of sp³-hybridized carbons (Fsp3) is 0.423. The summed E-state index contributed by atoms with van der Waals surface area (Å²) in [6.45, 7) is 11.8. The molecule has 0 unspecified atom stereocenters. The Bertz CT molecular complexity index is 2740. The second-order valence-corrected chi connectivity index (χ2v) is 18.0. The van der Waals surface area contributed by atoms with Gasteiger partial charge in [-0.1, -0.05) is 76.0 Å². The van der Waals surface area contributed by atoms with Crippen molar-refractivity contribution in [3.05, 3.63) is 112 Å². The number of phenols is 1. The summed E-state index contributed by atoms with van der Waals surface area (Å²) in [7, 11) is 1.42. The van der Waals surface area contributed by atoms with E-state index in [1.807, 2.05) is 30.3 Å². The number of para-hydroxylation sites is 1. The van der Waals surface area contributed by atoms with E-state index in [1.54, 1.807) is 50.9 Å². The fourth-order valence-corrected chi connectivity index (χ4v) is 9.14. The lowest BCUT2D eigenvalue weighted by Gasteiger charge is -2.38. The van der Waals surface area contributed by atoms with E-state index in [2.05, 4.69) is 27.5 Å². The van der Waals surface area contributed by atoms with Gasteiger partial charge in [0.15, 0.2) is 0 Å². The van der Waals surface area contributed by atoms with Gasteiger partial charge in [0.05, 0.1) is 66.5 Å². The SMILES string of the molecule is CO[C@H]1C=CO[C@@]2(C)Oc3c(C)c(O)c4c(c3C2=O)C(=O)C(N2CCOCC2)=C(NC(=O)C(C)=CC=C[C@H](C)[C@H](O)[C@@H](C)[C@@H](O)[C@@H](C)[C@H](OC(=O)NCC#Cc2cnc3ccccc3c2)[C@@H]1C)C4=O. The molecule has 5 bridgehead atoms. The lowest BCUT2D eigenvalue weighted by atomic mass is 9.78. The summed E-state index contributed by atoms with van der Waals surface area (Å²) < 4.78 is 29.6. The highest BCUT2D eigenvalue weighted by molar-refractivity contribution is 6.32. The van der Waals surface area contributed by atoms with Crippen LogP contribution in [0.4, 0.5) is 4.79 Å². The van der Waals surface area contributed by atoms with Crippen molar-refractivity contribution >= 4 is 40.3 Å². The Morgan fingerprint density at radius 3 is 2.42 bits per heavy atom. The molecule has 1 aromatic heterocycles. The first-order valence-electron chi connectivity index (χ1n) is 22.9. The van der Waals surface area contributed by atoms with Gasteiger partial charge < -0.3 is 54.5 Å². The average Bonchev–Trinajstić information content (AvgIpc) is 3.61. The number of aliphatic hydroxyl groups is 2. The van der Waals surface area contributed by atoms with Gasteiger partial charge in [0.25, 0.3) is 11.7 Å². The number of aromatic hydroxyl groups is 1. The van der Waals surface area contributed by atoms with Crippen molar-refractivity contribution in [3.63, 3.8) is 0 Å². The molecule has 5 heterocycles. The van der Waals surface area contributed by atoms with Gasteiger partial charge >= 0.3 is 11.9 Å². The summed E-state index contributed by atoms with van der Waals surface area (Å²) in [6, 6.07) is 9.51. The van der Waals surface area contributed by atoms with Crippen molar-refractivity contribution < 1.29 is 63.0 Å². The van der Waals surface area contributed by atoms with Gasteiger partial charge in [-0.15, -0.1) is 0 Å². The van der Waals surface area contributed by atoms with Crippen LogP contribution in [0.1, 0.15) is 83.7 Å². The number of pyridine rings is 1. The van der Waals surface area contributed by atoms with Crippen molar-refractivity contribution in [1.29, 1.82) is 0 Å². The van der Waals surface area contributed by atoms with Gasteiger partial charge in [0.1, 0.15) is 29.0 Å². The molecule has 3 aromatic rings. The van der Waals surface area contributed by atoms with Crippen LogP contribution >= 0.6 is 0 Å². The summed E-state index contributed by atoms with van der Waals surface area (Å²) in [5, 5.41) is 41.2. The van der Waals surface area contributed by atoms with Crippen LogP contribution in [0.3, 0.4) is 0 Å². The largest absolute Gasteiger partial charge is 0.507 e. The number of fused-ring (bicyclic) bond motifs is 15. The summed E-state index contributed by atoms with van der Waals surface area (Å²) in [5.74, 6) is -3.12. The number of alkyl carbamates (subject to hydrolysis) is 1. The number of ketones is 3. The molecule has 9 atom stereocenters. The minimum Gasteiger partial charge on any atom is -0.507 e. The van der Waals surface area contributed by atoms with E-state index >= 15 is 0 Å². The van der Waals surface area contributed by atoms with E-state index < -0.39 is 100 Å². The monoisotopic (exact) mass is 946 g/mol. The number of carbonyl (C=O) groups excluding carboxylic acids is 5. The molecular weight excluding hydrogens is 889 g/mol. The second kappa shape index (κ2) is 20.8. The van der Waals surface area contributed by atoms with Crippen molar-refractivity contribution in [1.82, 2.24) is 20.5 Å². The number of morpholine rings is 1. The lowest BCUT2D eigenvalue weighted by Crippen LogP contribution is -2.47. The average molecular weight is 947 g/mol. The minimum atomic E-state index is -2.12. The number of ether oxygens (including phenoxy) is 5. The minimum absolute atomic E-state index is 0.0156. The number of nitrogens with one attached hydrogen (secondary N) is 2. The molecule has 69 heavy (non-hydrogen) atoms. The molecule has 1 fully saturated rings. The Kier molecular flexibility index (Phi) is 15.1. The highest BCUT2D eigenvalue weighted by Crippen LogP contribution is 2.49. The van der Waals surface area contributed by atoms with Gasteiger partial charge in [0.2, 0.25) is 11.6 Å². The van der Waals surface area contributed by atoms with Crippen LogP contribution in [-0.4, -0.2) is 125 Å². The number of aromatic nitrogens is 1. The third-order valence-electron chi connectivity index (χ3n) is 13.3. The van der Waals surface area contributed by atoms with Crippen LogP contribution in [0.15, 0.2) is 84.1 Å². The normalized spacial score (nSPS) is 27.8. The molecule has 0 radical (unpaired) electrons. The molecule has 364 valence electrons. The van der Waals surface area contributed by atoms with Gasteiger partial charge in [-0.2, -0.15) is 0 Å². The van der Waals surface area contributed by atoms with Gasteiger partial charge in [-0.3, -0.25) is 24.2 Å². The van der Waals surface area contributed by atoms with Crippen molar-refractivity contribution in [2.24, 2.45) is 23.7 Å². The first kappa shape index (κ1) is 50.0. The fourth-order valence-electron chi connectivity index (χ4n) is 9.14. The number of benzene rings is 2. The van der Waals surface area contributed by atoms with Crippen LogP contribution in [0.25, 0.3) is 10.9 Å². The zero-order valence-electron chi connectivity index (χ0n) is 39.8. The Morgan fingerprint density at radius 1 is 0.971 bits per heavy atom. The van der Waals surface area contributed by atoms with Crippen LogP contribution in [-0.2, 0) is 23.7 Å². The van der Waals surface area contributed by atoms with Crippen LogP contribution < -0.4 is 15.4 Å². The molecule has 17 nitrogen and oxygen atoms in total. The van der Waals surface area contributed by atoms with Gasteiger partial charge in [-0.05, 0) is 32.1 Å². The molecule has 8 rings (SSSR count). The molecular formula is C52H58N4O13. The number of rotatable bonds is 4. The predicted molar refractivity (Wildman–Crippen MR) is 252 cm³/mol. The number of carbonyl (C=O) groups is 5. The highest BCUT2D eigenvalue weighted by atomic mass is 16.7. The first-order valence-corrected chi connectivity index (χ1v) is 22.9. The Morgan fingerprint density at radius 2 is 1.70 bits per heavy atom. The number of amides is 2. The van der Waals surface area contributed by atoms with Gasteiger partial charge in [0, 0.05) is 79.1 Å². The van der Waals surface area contributed by atoms with Crippen molar-refractivity contribution in [2.75, 3.05) is 40.0 Å². The number of hydrogen-bond donors (Lipinski definition) is 5. The molecule has 2 aromatic carbocycles. The van der Waals surface area contributed by atoms with E-state index in [0.29, 0.717) is 5.56 Å². The molecule has 4 aliphatic heterocycles. The summed E-state index contributed by atoms with van der Waals surface area (Å²) in [5.41, 5.74) is -0.109. The lowest BCUT2D eigenvalue weighted by molar-refractivity contribution is -0.116. The number of allylic oxidation sites excluding steroid dienone is 4. The first-order chi connectivity index (χ1) is 32.9. The quantitative estimate of drug-likeness (QED) is 0.216. The molecule has 2 amide bonds. The number of methoxy groups -OCH3 is 1. The predicted octanol–water partition coefficient (Wildman–Crippen LogP) is 5.05. The number of nitrogens with zero attached hydrogens (tertiary/aromatic N) is 2. The van der Waals surface area contributed by atoms with E-state index in [1.165, 1.54) is 46.3 Å². The third kappa shape index (κ3) is 10.0. The maximum Gasteiger partial charge on any atom is 0.408 e. The Hall–Kier alpha value is -6.84. The van der Waals surface area contributed by atoms with E-state index in [-0.39, 0.29) is 66.7 Å². The topological polar surface area (TPSA) is 232 Å². The zero-order valence-corrected chi connectivity index (χ0v) is 39.8. The number of Topliss-reactive ketones (excluding diaryl/α,β-unsaturated/α-hetero) is 3. The highest BCUT2D eigenvalue weighted by Gasteiger charge is 2.53. The smallest absolute Gasteiger partial charge is 0.408 e.